The molecular weight excluding hydrogens is 316 g/mol. The monoisotopic (exact) mass is 340 g/mol. The molecule has 1 atom stereocenters. The molecule has 1 aromatic carbocycles. The van der Waals surface area contributed by atoms with Gasteiger partial charge in [0.1, 0.15) is 11.6 Å². The standard InChI is InChI=1S/C19H24N4O2/c1-12(2)9-10-20-18(24)13(3)23-16-8-6-5-7-14(16)15-11-21-22(4)19(25)17(15)23/h5-8,11-13H,9-10H2,1-4H3,(H,20,24). The number of aryl methyl sites for hydroxylation is 1. The van der Waals surface area contributed by atoms with Crippen LogP contribution in [0.3, 0.4) is 0 Å². The molecule has 0 saturated heterocycles. The second-order valence-electron chi connectivity index (χ2n) is 6.87. The van der Waals surface area contributed by atoms with Gasteiger partial charge in [0.05, 0.1) is 11.7 Å². The van der Waals surface area contributed by atoms with Gasteiger partial charge in [-0.2, -0.15) is 5.10 Å². The molecule has 0 aliphatic carbocycles. The number of hydrogen-bond acceptors (Lipinski definition) is 3. The van der Waals surface area contributed by atoms with E-state index in [1.54, 1.807) is 13.2 Å². The van der Waals surface area contributed by atoms with Crippen molar-refractivity contribution < 1.29 is 4.79 Å². The Kier molecular flexibility index (Phi) is 4.61. The molecule has 132 valence electrons. The summed E-state index contributed by atoms with van der Waals surface area (Å²) in [5.41, 5.74) is 1.19. The number of aromatic nitrogens is 3. The summed E-state index contributed by atoms with van der Waals surface area (Å²) in [6.45, 7) is 6.71. The topological polar surface area (TPSA) is 68.9 Å². The summed E-state index contributed by atoms with van der Waals surface area (Å²) in [6.07, 6.45) is 2.62. The van der Waals surface area contributed by atoms with Crippen LogP contribution in [0.5, 0.6) is 0 Å². The van der Waals surface area contributed by atoms with Crippen molar-refractivity contribution in [3.05, 3.63) is 40.8 Å². The summed E-state index contributed by atoms with van der Waals surface area (Å²) < 4.78 is 3.14. The van der Waals surface area contributed by atoms with Crippen LogP contribution in [0.25, 0.3) is 21.8 Å². The van der Waals surface area contributed by atoms with Gasteiger partial charge in [0.2, 0.25) is 5.91 Å². The van der Waals surface area contributed by atoms with E-state index >= 15 is 0 Å². The molecule has 0 spiro atoms. The normalized spacial score (nSPS) is 12.8. The Labute approximate surface area is 146 Å². The molecule has 0 aliphatic rings. The third kappa shape index (κ3) is 3.04. The zero-order chi connectivity index (χ0) is 18.1. The Morgan fingerprint density at radius 1 is 1.20 bits per heavy atom. The maximum atomic E-state index is 12.7. The second-order valence-corrected chi connectivity index (χ2v) is 6.87. The smallest absolute Gasteiger partial charge is 0.291 e. The summed E-state index contributed by atoms with van der Waals surface area (Å²) in [6, 6.07) is 7.26. The number of benzene rings is 1. The van der Waals surface area contributed by atoms with Crippen molar-refractivity contribution in [1.29, 1.82) is 0 Å². The lowest BCUT2D eigenvalue weighted by Crippen LogP contribution is -2.33. The van der Waals surface area contributed by atoms with Crippen molar-refractivity contribution in [2.45, 2.75) is 33.2 Å². The first-order valence-electron chi connectivity index (χ1n) is 8.64. The summed E-state index contributed by atoms with van der Waals surface area (Å²) in [4.78, 5) is 25.3. The Morgan fingerprint density at radius 3 is 2.64 bits per heavy atom. The Bertz CT molecular complexity index is 984. The number of para-hydroxylation sites is 1. The highest BCUT2D eigenvalue weighted by Crippen LogP contribution is 2.29. The fourth-order valence-electron chi connectivity index (χ4n) is 3.14. The Morgan fingerprint density at radius 2 is 1.92 bits per heavy atom. The van der Waals surface area contributed by atoms with E-state index in [-0.39, 0.29) is 11.5 Å². The van der Waals surface area contributed by atoms with Crippen LogP contribution in [0.1, 0.15) is 33.2 Å². The molecule has 1 N–H and O–H groups in total. The molecular formula is C19H24N4O2. The van der Waals surface area contributed by atoms with Gasteiger partial charge in [0, 0.05) is 24.4 Å². The first-order chi connectivity index (χ1) is 11.9. The van der Waals surface area contributed by atoms with Crippen LogP contribution in [-0.2, 0) is 11.8 Å². The van der Waals surface area contributed by atoms with Crippen LogP contribution in [0, 0.1) is 5.92 Å². The third-order valence-corrected chi connectivity index (χ3v) is 4.59. The Balaban J connectivity index is 2.12. The van der Waals surface area contributed by atoms with Crippen LogP contribution in [0.15, 0.2) is 35.3 Å². The van der Waals surface area contributed by atoms with Gasteiger partial charge in [0.25, 0.3) is 5.56 Å². The van der Waals surface area contributed by atoms with Crippen LogP contribution in [-0.4, -0.2) is 26.8 Å². The molecule has 1 amide bonds. The maximum absolute atomic E-state index is 12.7. The molecule has 1 unspecified atom stereocenters. The minimum atomic E-state index is -0.482. The van der Waals surface area contributed by atoms with Crippen molar-refractivity contribution >= 4 is 27.7 Å². The van der Waals surface area contributed by atoms with Crippen molar-refractivity contribution in [2.24, 2.45) is 13.0 Å². The highest BCUT2D eigenvalue weighted by Gasteiger charge is 2.22. The average Bonchev–Trinajstić information content (AvgIpc) is 2.92. The van der Waals surface area contributed by atoms with Gasteiger partial charge in [0.15, 0.2) is 0 Å². The molecule has 6 nitrogen and oxygen atoms in total. The van der Waals surface area contributed by atoms with Gasteiger partial charge in [-0.15, -0.1) is 0 Å². The number of rotatable bonds is 5. The number of hydrogen-bond donors (Lipinski definition) is 1. The van der Waals surface area contributed by atoms with E-state index in [2.05, 4.69) is 24.3 Å². The molecule has 3 aromatic rings. The molecule has 2 aromatic heterocycles. The second kappa shape index (κ2) is 6.70. The van der Waals surface area contributed by atoms with Crippen molar-refractivity contribution in [1.82, 2.24) is 19.7 Å². The van der Waals surface area contributed by atoms with Gasteiger partial charge in [-0.05, 0) is 25.3 Å². The zero-order valence-electron chi connectivity index (χ0n) is 15.1. The molecule has 3 rings (SSSR count). The lowest BCUT2D eigenvalue weighted by Gasteiger charge is -2.17. The van der Waals surface area contributed by atoms with E-state index < -0.39 is 6.04 Å². The fraction of sp³-hybridized carbons (Fsp3) is 0.421. The van der Waals surface area contributed by atoms with Crippen LogP contribution < -0.4 is 10.9 Å². The summed E-state index contributed by atoms with van der Waals surface area (Å²) >= 11 is 0. The van der Waals surface area contributed by atoms with E-state index in [0.717, 1.165) is 22.7 Å². The number of nitrogens with zero attached hydrogens (tertiary/aromatic N) is 3. The molecule has 0 bridgehead atoms. The van der Waals surface area contributed by atoms with Crippen LogP contribution in [0.2, 0.25) is 0 Å². The van der Waals surface area contributed by atoms with E-state index in [4.69, 9.17) is 0 Å². The summed E-state index contributed by atoms with van der Waals surface area (Å²) in [5, 5.41) is 8.83. The van der Waals surface area contributed by atoms with Crippen LogP contribution >= 0.6 is 0 Å². The predicted molar refractivity (Wildman–Crippen MR) is 99.7 cm³/mol. The largest absolute Gasteiger partial charge is 0.354 e. The summed E-state index contributed by atoms with van der Waals surface area (Å²) in [5.74, 6) is 0.449. The maximum Gasteiger partial charge on any atom is 0.291 e. The number of carbonyl (C=O) groups is 1. The molecule has 2 heterocycles. The lowest BCUT2D eigenvalue weighted by atomic mass is 10.1. The molecule has 0 aliphatic heterocycles. The number of carbonyl (C=O) groups excluding carboxylic acids is 1. The Hall–Kier alpha value is -2.63. The van der Waals surface area contributed by atoms with Crippen molar-refractivity contribution in [3.63, 3.8) is 0 Å². The molecule has 0 radical (unpaired) electrons. The molecule has 6 heteroatoms. The van der Waals surface area contributed by atoms with Gasteiger partial charge >= 0.3 is 0 Å². The highest BCUT2D eigenvalue weighted by atomic mass is 16.2. The number of amides is 1. The zero-order valence-corrected chi connectivity index (χ0v) is 15.1. The van der Waals surface area contributed by atoms with Gasteiger partial charge in [-0.3, -0.25) is 9.59 Å². The first-order valence-corrected chi connectivity index (χ1v) is 8.64. The number of fused-ring (bicyclic) bond motifs is 3. The van der Waals surface area contributed by atoms with Gasteiger partial charge in [-0.25, -0.2) is 4.68 Å². The van der Waals surface area contributed by atoms with E-state index in [9.17, 15) is 9.59 Å². The molecule has 25 heavy (non-hydrogen) atoms. The minimum absolute atomic E-state index is 0.0813. The van der Waals surface area contributed by atoms with Gasteiger partial charge < -0.3 is 9.88 Å². The highest BCUT2D eigenvalue weighted by molar-refractivity contribution is 6.08. The van der Waals surface area contributed by atoms with E-state index in [1.807, 2.05) is 35.8 Å². The average molecular weight is 340 g/mol. The fourth-order valence-corrected chi connectivity index (χ4v) is 3.14. The first kappa shape index (κ1) is 17.2. The van der Waals surface area contributed by atoms with Crippen molar-refractivity contribution in [3.8, 4) is 0 Å². The predicted octanol–water partition coefficient (Wildman–Crippen LogP) is 2.61. The minimum Gasteiger partial charge on any atom is -0.354 e. The van der Waals surface area contributed by atoms with Gasteiger partial charge in [-0.1, -0.05) is 32.0 Å². The third-order valence-electron chi connectivity index (χ3n) is 4.59. The summed E-state index contributed by atoms with van der Waals surface area (Å²) in [7, 11) is 1.62. The van der Waals surface area contributed by atoms with E-state index in [1.165, 1.54) is 4.68 Å². The van der Waals surface area contributed by atoms with E-state index in [0.29, 0.717) is 18.0 Å². The molecule has 0 saturated carbocycles. The van der Waals surface area contributed by atoms with Crippen molar-refractivity contribution in [2.75, 3.05) is 6.54 Å². The molecule has 0 fully saturated rings. The lowest BCUT2D eigenvalue weighted by molar-refractivity contribution is -0.123. The SMILES string of the molecule is CC(C)CCNC(=O)C(C)n1c2ccccc2c2cnn(C)c(=O)c21. The van der Waals surface area contributed by atoms with Crippen LogP contribution in [0.4, 0.5) is 0 Å². The number of nitrogens with one attached hydrogen (secondary N) is 1. The quantitative estimate of drug-likeness (QED) is 0.776.